The van der Waals surface area contributed by atoms with Crippen LogP contribution in [0.5, 0.6) is 5.75 Å². The summed E-state index contributed by atoms with van der Waals surface area (Å²) in [5.41, 5.74) is 1.29. The second kappa shape index (κ2) is 9.10. The summed E-state index contributed by atoms with van der Waals surface area (Å²) in [6.07, 6.45) is 0. The highest BCUT2D eigenvalue weighted by molar-refractivity contribution is 6.23. The van der Waals surface area contributed by atoms with Gasteiger partial charge >= 0.3 is 5.97 Å². The van der Waals surface area contributed by atoms with Crippen LogP contribution in [-0.4, -0.2) is 63.6 Å². The molecule has 2 unspecified atom stereocenters. The number of nitrogens with zero attached hydrogens (tertiary/aromatic N) is 2. The van der Waals surface area contributed by atoms with E-state index in [2.05, 4.69) is 0 Å². The van der Waals surface area contributed by atoms with Gasteiger partial charge in [-0.2, -0.15) is 0 Å². The van der Waals surface area contributed by atoms with Gasteiger partial charge in [0, 0.05) is 5.56 Å². The van der Waals surface area contributed by atoms with Crippen molar-refractivity contribution in [1.29, 1.82) is 0 Å². The predicted octanol–water partition coefficient (Wildman–Crippen LogP) is 2.58. The van der Waals surface area contributed by atoms with Gasteiger partial charge in [0.05, 0.1) is 17.7 Å². The molecule has 2 aliphatic rings. The van der Waals surface area contributed by atoms with Crippen LogP contribution in [-0.2, 0) is 9.59 Å². The topological polar surface area (TPSA) is 121 Å². The lowest BCUT2D eigenvalue weighted by Crippen LogP contribution is -2.66. The summed E-state index contributed by atoms with van der Waals surface area (Å²) in [5, 5.41) is 9.83. The van der Waals surface area contributed by atoms with Gasteiger partial charge in [0.15, 0.2) is 18.4 Å². The van der Waals surface area contributed by atoms with Gasteiger partial charge in [0.1, 0.15) is 11.8 Å². The van der Waals surface area contributed by atoms with Crippen molar-refractivity contribution in [3.63, 3.8) is 0 Å². The molecule has 3 amide bonds. The van der Waals surface area contributed by atoms with Crippen molar-refractivity contribution in [1.82, 2.24) is 9.80 Å². The van der Waals surface area contributed by atoms with Crippen LogP contribution in [0, 0.1) is 0 Å². The summed E-state index contributed by atoms with van der Waals surface area (Å²) in [6, 6.07) is 18.7. The van der Waals surface area contributed by atoms with Gasteiger partial charge in [-0.15, -0.1) is 0 Å². The van der Waals surface area contributed by atoms with E-state index in [9.17, 15) is 29.1 Å². The number of carboxylic acid groups (broad SMARTS) is 1. The fourth-order valence-corrected chi connectivity index (χ4v) is 4.41. The van der Waals surface area contributed by atoms with E-state index in [1.165, 1.54) is 36.4 Å². The Morgan fingerprint density at radius 2 is 1.44 bits per heavy atom. The Morgan fingerprint density at radius 3 is 2.00 bits per heavy atom. The number of carboxylic acids is 1. The number of carbonyl (C=O) groups excluding carboxylic acids is 4. The first-order valence-corrected chi connectivity index (χ1v) is 11.2. The Bertz CT molecular complexity index is 1350. The van der Waals surface area contributed by atoms with Crippen molar-refractivity contribution in [2.75, 3.05) is 13.2 Å². The van der Waals surface area contributed by atoms with Crippen molar-refractivity contribution >= 4 is 29.5 Å². The van der Waals surface area contributed by atoms with E-state index in [4.69, 9.17) is 4.74 Å². The number of ketones is 1. The highest BCUT2D eigenvalue weighted by Crippen LogP contribution is 2.34. The maximum Gasteiger partial charge on any atom is 0.331 e. The molecule has 0 bridgehead atoms. The summed E-state index contributed by atoms with van der Waals surface area (Å²) in [4.78, 5) is 64.6. The van der Waals surface area contributed by atoms with E-state index in [1.807, 2.05) is 0 Å². The number of β-lactam (4-membered cyclic amide) rings is 1. The lowest BCUT2D eigenvalue weighted by atomic mass is 9.97. The molecule has 1 N–H and O–H groups in total. The average molecular weight is 484 g/mol. The zero-order valence-electron chi connectivity index (χ0n) is 18.9. The number of fused-ring (bicyclic) bond motifs is 1. The number of likely N-dealkylation sites (tertiary alicyclic amines) is 1. The van der Waals surface area contributed by atoms with Gasteiger partial charge in [-0.25, -0.2) is 4.79 Å². The number of imide groups is 1. The van der Waals surface area contributed by atoms with E-state index >= 15 is 0 Å². The molecule has 0 radical (unpaired) electrons. The minimum absolute atomic E-state index is 0.0922. The summed E-state index contributed by atoms with van der Waals surface area (Å²) in [7, 11) is 0. The lowest BCUT2D eigenvalue weighted by Gasteiger charge is -2.44. The zero-order chi connectivity index (χ0) is 25.4. The maximum absolute atomic E-state index is 12.9. The van der Waals surface area contributed by atoms with Gasteiger partial charge < -0.3 is 14.7 Å². The van der Waals surface area contributed by atoms with Crippen LogP contribution in [0.25, 0.3) is 0 Å². The van der Waals surface area contributed by atoms with E-state index in [-0.39, 0.29) is 30.1 Å². The molecule has 0 saturated carbocycles. The number of Topliss-reactive ketones (excluding diaryl/α,β-unsaturated/α-hetero) is 1. The van der Waals surface area contributed by atoms with E-state index in [0.29, 0.717) is 16.9 Å². The van der Waals surface area contributed by atoms with Crippen LogP contribution in [0.15, 0.2) is 78.9 Å². The van der Waals surface area contributed by atoms with E-state index in [1.54, 1.807) is 42.5 Å². The summed E-state index contributed by atoms with van der Waals surface area (Å²) < 4.78 is 5.52. The second-order valence-corrected chi connectivity index (χ2v) is 8.42. The molecule has 1 saturated heterocycles. The number of benzene rings is 3. The number of aliphatic carboxylic acids is 1. The first-order chi connectivity index (χ1) is 17.4. The molecule has 180 valence electrons. The van der Waals surface area contributed by atoms with Crippen LogP contribution in [0.2, 0.25) is 0 Å². The molecule has 3 aromatic carbocycles. The highest BCUT2D eigenvalue weighted by atomic mass is 16.5. The monoisotopic (exact) mass is 484 g/mol. The SMILES string of the molecule is O=C(COc1ccc(C(C(=O)O)N2CC(N3C(=O)c4ccccc4C3=O)C2=O)cc1)c1ccccc1. The van der Waals surface area contributed by atoms with Crippen molar-refractivity contribution in [2.45, 2.75) is 12.1 Å². The Labute approximate surface area is 205 Å². The minimum atomic E-state index is -1.30. The molecule has 9 heteroatoms. The third-order valence-electron chi connectivity index (χ3n) is 6.28. The van der Waals surface area contributed by atoms with Crippen molar-refractivity contribution < 1.29 is 33.8 Å². The quantitative estimate of drug-likeness (QED) is 0.296. The first kappa shape index (κ1) is 23.0. The number of amides is 3. The van der Waals surface area contributed by atoms with Crippen LogP contribution >= 0.6 is 0 Å². The number of hydrogen-bond acceptors (Lipinski definition) is 6. The molecule has 0 aromatic heterocycles. The highest BCUT2D eigenvalue weighted by Gasteiger charge is 2.52. The molecule has 3 aromatic rings. The predicted molar refractivity (Wildman–Crippen MR) is 126 cm³/mol. The molecular formula is C27H20N2O7. The van der Waals surface area contributed by atoms with Crippen LogP contribution in [0.4, 0.5) is 0 Å². The lowest BCUT2D eigenvalue weighted by molar-refractivity contribution is -0.161. The maximum atomic E-state index is 12.9. The molecule has 36 heavy (non-hydrogen) atoms. The van der Waals surface area contributed by atoms with E-state index < -0.39 is 35.8 Å². The molecule has 0 aliphatic carbocycles. The molecular weight excluding hydrogens is 464 g/mol. The fraction of sp³-hybridized carbons (Fsp3) is 0.148. The van der Waals surface area contributed by atoms with Gasteiger partial charge in [-0.1, -0.05) is 54.6 Å². The Hall–Kier alpha value is -4.79. The summed E-state index contributed by atoms with van der Waals surface area (Å²) >= 11 is 0. The van der Waals surface area contributed by atoms with Gasteiger partial charge in [0.25, 0.3) is 11.8 Å². The first-order valence-electron chi connectivity index (χ1n) is 11.2. The number of hydrogen-bond donors (Lipinski definition) is 1. The number of rotatable bonds is 8. The molecule has 2 atom stereocenters. The standard InChI is InChI=1S/C27H20N2O7/c30-22(16-6-2-1-3-7-16)15-36-18-12-10-17(11-13-18)23(27(34)35)28-14-21(26(28)33)29-24(31)19-8-4-5-9-20(19)25(29)32/h1-13,21,23H,14-15H2,(H,34,35). The van der Waals surface area contributed by atoms with Crippen LogP contribution in [0.1, 0.15) is 42.7 Å². The van der Waals surface area contributed by atoms with Gasteiger partial charge in [0.2, 0.25) is 5.91 Å². The van der Waals surface area contributed by atoms with Gasteiger partial charge in [-0.05, 0) is 29.8 Å². The fourth-order valence-electron chi connectivity index (χ4n) is 4.41. The third kappa shape index (κ3) is 3.90. The van der Waals surface area contributed by atoms with Crippen LogP contribution < -0.4 is 4.74 Å². The molecule has 9 nitrogen and oxygen atoms in total. The van der Waals surface area contributed by atoms with Crippen LogP contribution in [0.3, 0.4) is 0 Å². The molecule has 2 aliphatic heterocycles. The summed E-state index contributed by atoms with van der Waals surface area (Å²) in [5.74, 6) is -2.83. The second-order valence-electron chi connectivity index (χ2n) is 8.42. The third-order valence-corrected chi connectivity index (χ3v) is 6.28. The zero-order valence-corrected chi connectivity index (χ0v) is 18.9. The van der Waals surface area contributed by atoms with Crippen molar-refractivity contribution in [3.8, 4) is 5.75 Å². The van der Waals surface area contributed by atoms with Crippen molar-refractivity contribution in [2.24, 2.45) is 0 Å². The largest absolute Gasteiger partial charge is 0.485 e. The number of ether oxygens (including phenoxy) is 1. The Kier molecular flexibility index (Phi) is 5.81. The minimum Gasteiger partial charge on any atom is -0.485 e. The molecule has 5 rings (SSSR count). The van der Waals surface area contributed by atoms with Crippen molar-refractivity contribution in [3.05, 3.63) is 101 Å². The molecule has 1 fully saturated rings. The Balaban J connectivity index is 1.26. The summed E-state index contributed by atoms with van der Waals surface area (Å²) in [6.45, 7) is -0.274. The van der Waals surface area contributed by atoms with Gasteiger partial charge in [-0.3, -0.25) is 24.1 Å². The molecule has 2 heterocycles. The Morgan fingerprint density at radius 1 is 0.861 bits per heavy atom. The smallest absolute Gasteiger partial charge is 0.331 e. The number of carbonyl (C=O) groups is 5. The average Bonchev–Trinajstić information content (AvgIpc) is 3.15. The normalized spacial score (nSPS) is 17.4. The van der Waals surface area contributed by atoms with E-state index in [0.717, 1.165) is 9.80 Å². The molecule has 0 spiro atoms.